The number of benzene rings is 2. The van der Waals surface area contributed by atoms with Crippen molar-refractivity contribution < 1.29 is 19.7 Å². The second kappa shape index (κ2) is 9.19. The minimum Gasteiger partial charge on any atom is -0.497 e. The number of carboxylic acid groups (broad SMARTS) is 1. The second-order valence-corrected chi connectivity index (χ2v) is 6.47. The quantitative estimate of drug-likeness (QED) is 0.664. The molecule has 0 aliphatic heterocycles. The van der Waals surface area contributed by atoms with Gasteiger partial charge in [0.15, 0.2) is 0 Å². The molecule has 1 unspecified atom stereocenters. The first-order valence-corrected chi connectivity index (χ1v) is 8.92. The molecule has 4 nitrogen and oxygen atoms in total. The summed E-state index contributed by atoms with van der Waals surface area (Å²) in [5.74, 6) is -0.480. The van der Waals surface area contributed by atoms with Crippen molar-refractivity contribution >= 4 is 11.5 Å². The van der Waals surface area contributed by atoms with Gasteiger partial charge in [-0.15, -0.1) is 0 Å². The Kier molecular flexibility index (Phi) is 6.97. The molecule has 1 atom stereocenters. The molecule has 27 heavy (non-hydrogen) atoms. The number of ether oxygens (including phenoxy) is 1. The van der Waals surface area contributed by atoms with E-state index in [2.05, 4.69) is 6.58 Å². The summed E-state index contributed by atoms with van der Waals surface area (Å²) in [5.41, 5.74) is 3.63. The van der Waals surface area contributed by atoms with Crippen molar-refractivity contribution in [1.82, 2.24) is 0 Å². The summed E-state index contributed by atoms with van der Waals surface area (Å²) in [5, 5.41) is 20.2. The summed E-state index contributed by atoms with van der Waals surface area (Å²) < 4.78 is 5.41. The third-order valence-electron chi connectivity index (χ3n) is 4.41. The van der Waals surface area contributed by atoms with Crippen LogP contribution >= 0.6 is 0 Å². The van der Waals surface area contributed by atoms with Gasteiger partial charge in [-0.3, -0.25) is 0 Å². The molecule has 2 aromatic rings. The minimum atomic E-state index is -1.03. The van der Waals surface area contributed by atoms with Crippen LogP contribution in [0.1, 0.15) is 47.3 Å². The third kappa shape index (κ3) is 4.86. The Labute approximate surface area is 160 Å². The number of carboxylic acids is 1. The minimum absolute atomic E-state index is 0.162. The molecule has 0 heterocycles. The van der Waals surface area contributed by atoms with Crippen molar-refractivity contribution in [1.29, 1.82) is 0 Å². The van der Waals surface area contributed by atoms with Crippen molar-refractivity contribution in [2.45, 2.75) is 32.8 Å². The van der Waals surface area contributed by atoms with E-state index < -0.39 is 12.1 Å². The van der Waals surface area contributed by atoms with E-state index in [-0.39, 0.29) is 12.0 Å². The van der Waals surface area contributed by atoms with Gasteiger partial charge < -0.3 is 14.9 Å². The van der Waals surface area contributed by atoms with Crippen molar-refractivity contribution in [2.75, 3.05) is 7.11 Å². The van der Waals surface area contributed by atoms with Crippen LogP contribution in [0.15, 0.2) is 60.7 Å². The highest BCUT2D eigenvalue weighted by Gasteiger charge is 2.22. The monoisotopic (exact) mass is 366 g/mol. The SMILES string of the molecule is C=C(C)C(O)Cc1cc(OC)cc(/C(=C/CC)c2ccccc2)c1C(=O)O. The van der Waals surface area contributed by atoms with Crippen LogP contribution in [0.2, 0.25) is 0 Å². The maximum atomic E-state index is 12.2. The summed E-state index contributed by atoms with van der Waals surface area (Å²) in [6.07, 6.45) is 2.10. The summed E-state index contributed by atoms with van der Waals surface area (Å²) in [6.45, 7) is 7.49. The number of allylic oxidation sites excluding steroid dienone is 1. The Bertz CT molecular complexity index is 850. The lowest BCUT2D eigenvalue weighted by molar-refractivity contribution is 0.0694. The zero-order chi connectivity index (χ0) is 20.0. The Hall–Kier alpha value is -2.85. The van der Waals surface area contributed by atoms with Crippen molar-refractivity contribution in [3.05, 3.63) is 82.9 Å². The molecule has 142 valence electrons. The number of aliphatic hydroxyl groups excluding tert-OH is 1. The summed E-state index contributed by atoms with van der Waals surface area (Å²) >= 11 is 0. The van der Waals surface area contributed by atoms with Crippen molar-refractivity contribution in [3.63, 3.8) is 0 Å². The van der Waals surface area contributed by atoms with E-state index >= 15 is 0 Å². The van der Waals surface area contributed by atoms with E-state index in [1.165, 1.54) is 0 Å². The van der Waals surface area contributed by atoms with Gasteiger partial charge in [-0.05, 0) is 42.2 Å². The van der Waals surface area contributed by atoms with E-state index in [0.29, 0.717) is 22.4 Å². The number of hydrogen-bond acceptors (Lipinski definition) is 3. The fourth-order valence-corrected chi connectivity index (χ4v) is 3.00. The molecule has 2 rings (SSSR count). The van der Waals surface area contributed by atoms with Gasteiger partial charge in [-0.1, -0.05) is 55.5 Å². The summed E-state index contributed by atoms with van der Waals surface area (Å²) in [6, 6.07) is 13.1. The molecule has 2 N–H and O–H groups in total. The van der Waals surface area contributed by atoms with Crippen molar-refractivity contribution in [3.8, 4) is 5.75 Å². The number of methoxy groups -OCH3 is 1. The molecule has 0 aromatic heterocycles. The van der Waals surface area contributed by atoms with Gasteiger partial charge in [-0.25, -0.2) is 4.79 Å². The highest BCUT2D eigenvalue weighted by Crippen LogP contribution is 2.33. The zero-order valence-electron chi connectivity index (χ0n) is 16.0. The molecule has 0 spiro atoms. The van der Waals surface area contributed by atoms with Crippen LogP contribution in [-0.4, -0.2) is 29.4 Å². The lowest BCUT2D eigenvalue weighted by Gasteiger charge is -2.19. The zero-order valence-corrected chi connectivity index (χ0v) is 16.0. The summed E-state index contributed by atoms with van der Waals surface area (Å²) in [7, 11) is 1.55. The first-order valence-electron chi connectivity index (χ1n) is 8.92. The van der Waals surface area contributed by atoms with Crippen LogP contribution in [0, 0.1) is 0 Å². The molecule has 4 heteroatoms. The number of carbonyl (C=O) groups is 1. The molecular weight excluding hydrogens is 340 g/mol. The fraction of sp³-hybridized carbons (Fsp3) is 0.261. The predicted molar refractivity (Wildman–Crippen MR) is 108 cm³/mol. The number of aromatic carboxylic acids is 1. The van der Waals surface area contributed by atoms with Crippen LogP contribution < -0.4 is 4.74 Å². The Morgan fingerprint density at radius 1 is 1.26 bits per heavy atom. The topological polar surface area (TPSA) is 66.8 Å². The standard InChI is InChI=1S/C23H26O4/c1-5-9-19(16-10-7-6-8-11-16)20-14-18(27-4)12-17(22(20)23(25)26)13-21(24)15(2)3/h6-12,14,21,24H,2,5,13H2,1,3-4H3,(H,25,26)/b19-9+. The largest absolute Gasteiger partial charge is 0.497 e. The normalized spacial score (nSPS) is 12.5. The van der Waals surface area contributed by atoms with Gasteiger partial charge in [0.25, 0.3) is 0 Å². The Balaban J connectivity index is 2.74. The first-order chi connectivity index (χ1) is 12.9. The molecule has 0 saturated carbocycles. The predicted octanol–water partition coefficient (Wildman–Crippen LogP) is 4.71. The first kappa shape index (κ1) is 20.5. The smallest absolute Gasteiger partial charge is 0.336 e. The van der Waals surface area contributed by atoms with Crippen LogP contribution in [0.5, 0.6) is 5.75 Å². The molecule has 2 aromatic carbocycles. The summed E-state index contributed by atoms with van der Waals surface area (Å²) in [4.78, 5) is 12.2. The number of aliphatic hydroxyl groups is 1. The molecule has 0 aliphatic rings. The van der Waals surface area contributed by atoms with E-state index in [1.54, 1.807) is 26.2 Å². The van der Waals surface area contributed by atoms with Gasteiger partial charge in [0, 0.05) is 12.0 Å². The molecular formula is C23H26O4. The number of rotatable bonds is 8. The second-order valence-electron chi connectivity index (χ2n) is 6.47. The van der Waals surface area contributed by atoms with Crippen LogP contribution in [0.25, 0.3) is 5.57 Å². The van der Waals surface area contributed by atoms with Gasteiger partial charge in [0.05, 0.1) is 18.8 Å². The van der Waals surface area contributed by atoms with E-state index in [0.717, 1.165) is 17.6 Å². The maximum Gasteiger partial charge on any atom is 0.336 e. The molecule has 0 saturated heterocycles. The van der Waals surface area contributed by atoms with Crippen LogP contribution in [0.3, 0.4) is 0 Å². The van der Waals surface area contributed by atoms with Gasteiger partial charge >= 0.3 is 5.97 Å². The molecule has 0 amide bonds. The average molecular weight is 366 g/mol. The van der Waals surface area contributed by atoms with Crippen molar-refractivity contribution in [2.24, 2.45) is 0 Å². The third-order valence-corrected chi connectivity index (χ3v) is 4.41. The van der Waals surface area contributed by atoms with Crippen LogP contribution in [0.4, 0.5) is 0 Å². The maximum absolute atomic E-state index is 12.2. The molecule has 0 aliphatic carbocycles. The number of hydrogen-bond donors (Lipinski definition) is 2. The van der Waals surface area contributed by atoms with E-state index in [1.807, 2.05) is 43.3 Å². The van der Waals surface area contributed by atoms with Crippen LogP contribution in [-0.2, 0) is 6.42 Å². The van der Waals surface area contributed by atoms with E-state index in [4.69, 9.17) is 4.74 Å². The fourth-order valence-electron chi connectivity index (χ4n) is 3.00. The molecule has 0 radical (unpaired) electrons. The highest BCUT2D eigenvalue weighted by molar-refractivity contribution is 5.98. The van der Waals surface area contributed by atoms with Gasteiger partial charge in [-0.2, -0.15) is 0 Å². The van der Waals surface area contributed by atoms with Gasteiger partial charge in [0.1, 0.15) is 5.75 Å². The molecule has 0 fully saturated rings. The lowest BCUT2D eigenvalue weighted by Crippen LogP contribution is -2.16. The van der Waals surface area contributed by atoms with E-state index in [9.17, 15) is 15.0 Å². The van der Waals surface area contributed by atoms with Gasteiger partial charge in [0.2, 0.25) is 0 Å². The average Bonchev–Trinajstić information content (AvgIpc) is 2.65. The Morgan fingerprint density at radius 3 is 2.44 bits per heavy atom. The molecule has 0 bridgehead atoms. The lowest BCUT2D eigenvalue weighted by atomic mass is 9.88. The highest BCUT2D eigenvalue weighted by atomic mass is 16.5. The Morgan fingerprint density at radius 2 is 1.93 bits per heavy atom.